The SMILES string of the molecule is Cc1nc(NC2CCCc3ccccc32)cc(-c2cccnc2)n1. The Kier molecular flexibility index (Phi) is 3.95. The molecule has 4 nitrogen and oxygen atoms in total. The molecule has 0 saturated heterocycles. The fourth-order valence-corrected chi connectivity index (χ4v) is 3.39. The first-order chi connectivity index (χ1) is 11.8. The Morgan fingerprint density at radius 3 is 2.88 bits per heavy atom. The summed E-state index contributed by atoms with van der Waals surface area (Å²) in [5, 5.41) is 3.62. The second-order valence-corrected chi connectivity index (χ2v) is 6.22. The number of benzene rings is 1. The smallest absolute Gasteiger partial charge is 0.130 e. The lowest BCUT2D eigenvalue weighted by Gasteiger charge is -2.27. The summed E-state index contributed by atoms with van der Waals surface area (Å²) in [6, 6.07) is 15.0. The van der Waals surface area contributed by atoms with Gasteiger partial charge < -0.3 is 5.32 Å². The minimum Gasteiger partial charge on any atom is -0.363 e. The van der Waals surface area contributed by atoms with E-state index in [1.807, 2.05) is 31.3 Å². The van der Waals surface area contributed by atoms with Crippen molar-refractivity contribution in [2.45, 2.75) is 32.2 Å². The first kappa shape index (κ1) is 14.8. The van der Waals surface area contributed by atoms with Crippen LogP contribution in [-0.2, 0) is 6.42 Å². The number of hydrogen-bond acceptors (Lipinski definition) is 4. The van der Waals surface area contributed by atoms with Crippen LogP contribution >= 0.6 is 0 Å². The standard InChI is InChI=1S/C20H20N4/c1-14-22-19(16-8-5-11-21-13-16)12-20(23-14)24-18-10-4-7-15-6-2-3-9-17(15)18/h2-3,5-6,8-9,11-13,18H,4,7,10H2,1H3,(H,22,23,24). The molecular weight excluding hydrogens is 296 g/mol. The molecule has 4 rings (SSSR count). The van der Waals surface area contributed by atoms with Gasteiger partial charge in [0, 0.05) is 24.0 Å². The van der Waals surface area contributed by atoms with Gasteiger partial charge in [0.15, 0.2) is 0 Å². The van der Waals surface area contributed by atoms with Gasteiger partial charge in [-0.15, -0.1) is 0 Å². The van der Waals surface area contributed by atoms with E-state index in [1.165, 1.54) is 17.5 Å². The lowest BCUT2D eigenvalue weighted by atomic mass is 9.88. The van der Waals surface area contributed by atoms with Crippen molar-refractivity contribution in [1.82, 2.24) is 15.0 Å². The van der Waals surface area contributed by atoms with Gasteiger partial charge in [0.2, 0.25) is 0 Å². The number of rotatable bonds is 3. The van der Waals surface area contributed by atoms with Gasteiger partial charge in [-0.25, -0.2) is 9.97 Å². The molecule has 1 aliphatic carbocycles. The van der Waals surface area contributed by atoms with Gasteiger partial charge in [0.1, 0.15) is 11.6 Å². The lowest BCUT2D eigenvalue weighted by Crippen LogP contribution is -2.18. The van der Waals surface area contributed by atoms with Gasteiger partial charge >= 0.3 is 0 Å². The van der Waals surface area contributed by atoms with Crippen molar-refractivity contribution >= 4 is 5.82 Å². The summed E-state index contributed by atoms with van der Waals surface area (Å²) in [7, 11) is 0. The second-order valence-electron chi connectivity index (χ2n) is 6.22. The van der Waals surface area contributed by atoms with E-state index in [2.05, 4.69) is 44.5 Å². The molecule has 24 heavy (non-hydrogen) atoms. The number of fused-ring (bicyclic) bond motifs is 1. The number of aryl methyl sites for hydroxylation is 2. The molecular formula is C20H20N4. The van der Waals surface area contributed by atoms with Gasteiger partial charge in [-0.1, -0.05) is 24.3 Å². The minimum atomic E-state index is 0.311. The molecule has 1 aliphatic rings. The average molecular weight is 316 g/mol. The van der Waals surface area contributed by atoms with E-state index in [4.69, 9.17) is 0 Å². The molecule has 0 fully saturated rings. The molecule has 0 amide bonds. The van der Waals surface area contributed by atoms with Crippen molar-refractivity contribution in [3.63, 3.8) is 0 Å². The molecule has 2 heterocycles. The van der Waals surface area contributed by atoms with Crippen LogP contribution in [0.5, 0.6) is 0 Å². The maximum absolute atomic E-state index is 4.58. The second kappa shape index (κ2) is 6.40. The van der Waals surface area contributed by atoms with Crippen LogP contribution in [0.25, 0.3) is 11.3 Å². The minimum absolute atomic E-state index is 0.311. The Balaban J connectivity index is 1.65. The van der Waals surface area contributed by atoms with Crippen LogP contribution in [0.15, 0.2) is 54.9 Å². The molecule has 1 atom stereocenters. The molecule has 1 unspecified atom stereocenters. The first-order valence-corrected chi connectivity index (χ1v) is 8.40. The van der Waals surface area contributed by atoms with Crippen molar-refractivity contribution in [2.24, 2.45) is 0 Å². The number of anilines is 1. The number of aromatic nitrogens is 3. The Hall–Kier alpha value is -2.75. The van der Waals surface area contributed by atoms with Crippen LogP contribution < -0.4 is 5.32 Å². The van der Waals surface area contributed by atoms with Gasteiger partial charge in [-0.05, 0) is 49.4 Å². The first-order valence-electron chi connectivity index (χ1n) is 8.40. The van der Waals surface area contributed by atoms with Crippen molar-refractivity contribution < 1.29 is 0 Å². The predicted octanol–water partition coefficient (Wildman–Crippen LogP) is 4.34. The van der Waals surface area contributed by atoms with Crippen LogP contribution in [-0.4, -0.2) is 15.0 Å². The lowest BCUT2D eigenvalue weighted by molar-refractivity contribution is 0.598. The Labute approximate surface area is 142 Å². The maximum Gasteiger partial charge on any atom is 0.130 e. The molecule has 1 N–H and O–H groups in total. The number of nitrogens with zero attached hydrogens (tertiary/aromatic N) is 3. The van der Waals surface area contributed by atoms with E-state index in [9.17, 15) is 0 Å². The number of nitrogens with one attached hydrogen (secondary N) is 1. The molecule has 0 spiro atoms. The van der Waals surface area contributed by atoms with Gasteiger partial charge in [-0.3, -0.25) is 4.98 Å². The Morgan fingerprint density at radius 2 is 2.00 bits per heavy atom. The normalized spacial score (nSPS) is 16.5. The summed E-state index contributed by atoms with van der Waals surface area (Å²) in [4.78, 5) is 13.3. The van der Waals surface area contributed by atoms with E-state index in [-0.39, 0.29) is 0 Å². The van der Waals surface area contributed by atoms with Gasteiger partial charge in [0.05, 0.1) is 11.7 Å². The molecule has 0 bridgehead atoms. The van der Waals surface area contributed by atoms with E-state index in [1.54, 1.807) is 6.20 Å². The zero-order valence-electron chi connectivity index (χ0n) is 13.7. The zero-order valence-corrected chi connectivity index (χ0v) is 13.7. The highest BCUT2D eigenvalue weighted by Crippen LogP contribution is 2.32. The summed E-state index contributed by atoms with van der Waals surface area (Å²) in [5.41, 5.74) is 4.75. The molecule has 4 heteroatoms. The largest absolute Gasteiger partial charge is 0.363 e. The molecule has 2 aromatic heterocycles. The van der Waals surface area contributed by atoms with E-state index in [0.717, 1.165) is 35.7 Å². The quantitative estimate of drug-likeness (QED) is 0.781. The van der Waals surface area contributed by atoms with Crippen LogP contribution in [0.3, 0.4) is 0 Å². The van der Waals surface area contributed by atoms with Crippen LogP contribution in [0.2, 0.25) is 0 Å². The number of hydrogen-bond donors (Lipinski definition) is 1. The van der Waals surface area contributed by atoms with Crippen molar-refractivity contribution in [1.29, 1.82) is 0 Å². The topological polar surface area (TPSA) is 50.7 Å². The summed E-state index contributed by atoms with van der Waals surface area (Å²) in [6.07, 6.45) is 7.10. The monoisotopic (exact) mass is 316 g/mol. The highest BCUT2D eigenvalue weighted by atomic mass is 15.0. The summed E-state index contributed by atoms with van der Waals surface area (Å²) < 4.78 is 0. The highest BCUT2D eigenvalue weighted by molar-refractivity contribution is 5.61. The average Bonchev–Trinajstić information content (AvgIpc) is 2.62. The highest BCUT2D eigenvalue weighted by Gasteiger charge is 2.20. The fourth-order valence-electron chi connectivity index (χ4n) is 3.39. The third kappa shape index (κ3) is 3.00. The third-order valence-electron chi connectivity index (χ3n) is 4.49. The molecule has 0 radical (unpaired) electrons. The van der Waals surface area contributed by atoms with Crippen molar-refractivity contribution in [3.8, 4) is 11.3 Å². The number of pyridine rings is 1. The van der Waals surface area contributed by atoms with E-state index < -0.39 is 0 Å². The summed E-state index contributed by atoms with van der Waals surface area (Å²) >= 11 is 0. The molecule has 1 aromatic carbocycles. The Bertz CT molecular complexity index is 845. The van der Waals surface area contributed by atoms with Crippen LogP contribution in [0.1, 0.15) is 35.8 Å². The summed E-state index contributed by atoms with van der Waals surface area (Å²) in [5.74, 6) is 1.64. The molecule has 0 aliphatic heterocycles. The summed E-state index contributed by atoms with van der Waals surface area (Å²) in [6.45, 7) is 1.93. The maximum atomic E-state index is 4.58. The van der Waals surface area contributed by atoms with E-state index in [0.29, 0.717) is 6.04 Å². The predicted molar refractivity (Wildman–Crippen MR) is 95.7 cm³/mol. The molecule has 120 valence electrons. The van der Waals surface area contributed by atoms with Crippen molar-refractivity contribution in [2.75, 3.05) is 5.32 Å². The fraction of sp³-hybridized carbons (Fsp3) is 0.250. The van der Waals surface area contributed by atoms with Crippen molar-refractivity contribution in [3.05, 3.63) is 71.8 Å². The van der Waals surface area contributed by atoms with Gasteiger partial charge in [0.25, 0.3) is 0 Å². The molecule has 0 saturated carbocycles. The van der Waals surface area contributed by atoms with E-state index >= 15 is 0 Å². The Morgan fingerprint density at radius 1 is 1.08 bits per heavy atom. The van der Waals surface area contributed by atoms with Gasteiger partial charge in [-0.2, -0.15) is 0 Å². The third-order valence-corrected chi connectivity index (χ3v) is 4.49. The molecule has 3 aromatic rings. The van der Waals surface area contributed by atoms with Crippen LogP contribution in [0.4, 0.5) is 5.82 Å². The van der Waals surface area contributed by atoms with Crippen LogP contribution in [0, 0.1) is 6.92 Å². The zero-order chi connectivity index (χ0) is 16.4.